The third-order valence-electron chi connectivity index (χ3n) is 3.37. The summed E-state index contributed by atoms with van der Waals surface area (Å²) in [6.45, 7) is 0. The summed E-state index contributed by atoms with van der Waals surface area (Å²) in [5.74, 6) is -1.93. The SMILES string of the molecule is O=Cc1c(C(F)(F)F)nc(C(F)F)c(C(=O)O)c1CC1CC1. The molecule has 2 rings (SSSR count). The second kappa shape index (κ2) is 5.62. The number of nitrogens with zero attached hydrogens (tertiary/aromatic N) is 1. The Hall–Kier alpha value is -2.06. The lowest BCUT2D eigenvalue weighted by Gasteiger charge is -2.17. The van der Waals surface area contributed by atoms with E-state index >= 15 is 0 Å². The summed E-state index contributed by atoms with van der Waals surface area (Å²) in [5, 5.41) is 9.07. The number of carbonyl (C=O) groups is 2. The van der Waals surface area contributed by atoms with Crippen LogP contribution in [0.5, 0.6) is 0 Å². The number of halogens is 5. The monoisotopic (exact) mass is 323 g/mol. The number of pyridine rings is 1. The fraction of sp³-hybridized carbons (Fsp3) is 0.462. The minimum absolute atomic E-state index is 0.106. The van der Waals surface area contributed by atoms with Crippen molar-refractivity contribution < 1.29 is 36.6 Å². The largest absolute Gasteiger partial charge is 0.478 e. The molecule has 0 unspecified atom stereocenters. The van der Waals surface area contributed by atoms with Gasteiger partial charge in [0.2, 0.25) is 0 Å². The molecule has 1 heterocycles. The molecule has 1 fully saturated rings. The van der Waals surface area contributed by atoms with Crippen LogP contribution in [0.1, 0.15) is 56.9 Å². The quantitative estimate of drug-likeness (QED) is 0.665. The first-order valence-corrected chi connectivity index (χ1v) is 6.27. The molecule has 1 aromatic heterocycles. The summed E-state index contributed by atoms with van der Waals surface area (Å²) in [6.07, 6.45) is -7.67. The molecule has 0 bridgehead atoms. The van der Waals surface area contributed by atoms with Crippen molar-refractivity contribution >= 4 is 12.3 Å². The summed E-state index contributed by atoms with van der Waals surface area (Å²) in [5.41, 5.74) is -5.71. The molecule has 1 aromatic rings. The minimum Gasteiger partial charge on any atom is -0.478 e. The number of rotatable bonds is 5. The Morgan fingerprint density at radius 1 is 1.36 bits per heavy atom. The highest BCUT2D eigenvalue weighted by molar-refractivity contribution is 5.94. The Morgan fingerprint density at radius 2 is 1.95 bits per heavy atom. The van der Waals surface area contributed by atoms with Crippen molar-refractivity contribution in [2.75, 3.05) is 0 Å². The van der Waals surface area contributed by atoms with E-state index in [9.17, 15) is 31.5 Å². The van der Waals surface area contributed by atoms with E-state index in [2.05, 4.69) is 4.98 Å². The van der Waals surface area contributed by atoms with Crippen LogP contribution in [0.4, 0.5) is 22.0 Å². The van der Waals surface area contributed by atoms with Crippen molar-refractivity contribution in [1.29, 1.82) is 0 Å². The molecule has 1 saturated carbocycles. The second-order valence-corrected chi connectivity index (χ2v) is 4.98. The molecule has 0 radical (unpaired) electrons. The van der Waals surface area contributed by atoms with Crippen molar-refractivity contribution in [2.24, 2.45) is 5.92 Å². The molecule has 1 aliphatic carbocycles. The van der Waals surface area contributed by atoms with Gasteiger partial charge in [-0.1, -0.05) is 0 Å². The highest BCUT2D eigenvalue weighted by atomic mass is 19.4. The van der Waals surface area contributed by atoms with Crippen molar-refractivity contribution in [1.82, 2.24) is 4.98 Å². The number of carbonyl (C=O) groups excluding carboxylic acids is 1. The maximum Gasteiger partial charge on any atom is 0.434 e. The average Bonchev–Trinajstić information content (AvgIpc) is 3.19. The topological polar surface area (TPSA) is 67.3 Å². The standard InChI is InChI=1S/C13H10F5NO3/c14-11(15)9-8(12(21)22)6(3-5-1-2-5)7(4-20)10(19-9)13(16,17)18/h4-5,11H,1-3H2,(H,21,22). The Kier molecular flexibility index (Phi) is 4.17. The van der Waals surface area contributed by atoms with Crippen LogP contribution in [0.25, 0.3) is 0 Å². The van der Waals surface area contributed by atoms with E-state index in [0.717, 1.165) is 0 Å². The molecule has 0 aliphatic heterocycles. The zero-order valence-corrected chi connectivity index (χ0v) is 11.0. The molecule has 0 amide bonds. The average molecular weight is 323 g/mol. The van der Waals surface area contributed by atoms with E-state index < -0.39 is 46.6 Å². The number of aldehydes is 1. The normalized spacial score (nSPS) is 15.2. The highest BCUT2D eigenvalue weighted by Crippen LogP contribution is 2.40. The van der Waals surface area contributed by atoms with Gasteiger partial charge in [0.1, 0.15) is 5.69 Å². The number of carboxylic acid groups (broad SMARTS) is 1. The first kappa shape index (κ1) is 16.3. The fourth-order valence-electron chi connectivity index (χ4n) is 2.23. The zero-order valence-electron chi connectivity index (χ0n) is 11.0. The molecule has 0 spiro atoms. The van der Waals surface area contributed by atoms with E-state index in [1.54, 1.807) is 0 Å². The van der Waals surface area contributed by atoms with E-state index in [4.69, 9.17) is 5.11 Å². The predicted octanol–water partition coefficient (Wildman–Crippen LogP) is 3.50. The first-order valence-electron chi connectivity index (χ1n) is 6.27. The van der Waals surface area contributed by atoms with Crippen molar-refractivity contribution in [3.05, 3.63) is 28.1 Å². The van der Waals surface area contributed by atoms with Gasteiger partial charge >= 0.3 is 12.1 Å². The molecule has 1 aliphatic rings. The minimum atomic E-state index is -5.13. The Morgan fingerprint density at radius 3 is 2.32 bits per heavy atom. The predicted molar refractivity (Wildman–Crippen MR) is 63.0 cm³/mol. The third kappa shape index (κ3) is 3.07. The number of alkyl halides is 5. The van der Waals surface area contributed by atoms with E-state index in [1.165, 1.54) is 0 Å². The van der Waals surface area contributed by atoms with Gasteiger partial charge in [-0.05, 0) is 30.7 Å². The van der Waals surface area contributed by atoms with Gasteiger partial charge in [-0.25, -0.2) is 18.6 Å². The zero-order chi connectivity index (χ0) is 16.7. The van der Waals surface area contributed by atoms with Crippen molar-refractivity contribution in [3.8, 4) is 0 Å². The summed E-state index contributed by atoms with van der Waals surface area (Å²) in [7, 11) is 0. The van der Waals surface area contributed by atoms with Crippen LogP contribution in [0.3, 0.4) is 0 Å². The van der Waals surface area contributed by atoms with E-state index in [1.807, 2.05) is 0 Å². The fourth-order valence-corrected chi connectivity index (χ4v) is 2.23. The van der Waals surface area contributed by atoms with Crippen LogP contribution in [-0.4, -0.2) is 22.3 Å². The number of hydrogen-bond donors (Lipinski definition) is 1. The highest BCUT2D eigenvalue weighted by Gasteiger charge is 2.41. The van der Waals surface area contributed by atoms with Crippen LogP contribution >= 0.6 is 0 Å². The summed E-state index contributed by atoms with van der Waals surface area (Å²) < 4.78 is 64.7. The maximum atomic E-state index is 12.9. The molecule has 120 valence electrons. The molecule has 22 heavy (non-hydrogen) atoms. The maximum absolute atomic E-state index is 12.9. The first-order chi connectivity index (χ1) is 10.2. The van der Waals surface area contributed by atoms with Gasteiger partial charge in [0, 0.05) is 5.56 Å². The number of hydrogen-bond acceptors (Lipinski definition) is 3. The van der Waals surface area contributed by atoms with Crippen molar-refractivity contribution in [3.63, 3.8) is 0 Å². The molecule has 1 N–H and O–H groups in total. The van der Waals surface area contributed by atoms with E-state index in [0.29, 0.717) is 12.8 Å². The number of aromatic nitrogens is 1. The van der Waals surface area contributed by atoms with Gasteiger partial charge in [-0.3, -0.25) is 4.79 Å². The Balaban J connectivity index is 2.80. The van der Waals surface area contributed by atoms with Crippen molar-refractivity contribution in [2.45, 2.75) is 31.9 Å². The van der Waals surface area contributed by atoms with Gasteiger partial charge in [0.15, 0.2) is 12.0 Å². The van der Waals surface area contributed by atoms with Crippen LogP contribution in [0.2, 0.25) is 0 Å². The molecule has 0 aromatic carbocycles. The van der Waals surface area contributed by atoms with Gasteiger partial charge < -0.3 is 5.11 Å². The second-order valence-electron chi connectivity index (χ2n) is 4.98. The molecule has 4 nitrogen and oxygen atoms in total. The lowest BCUT2D eigenvalue weighted by molar-refractivity contribution is -0.141. The smallest absolute Gasteiger partial charge is 0.434 e. The summed E-state index contributed by atoms with van der Waals surface area (Å²) in [6, 6.07) is 0. The Bertz CT molecular complexity index is 623. The summed E-state index contributed by atoms with van der Waals surface area (Å²) in [4.78, 5) is 25.0. The van der Waals surface area contributed by atoms with Gasteiger partial charge in [0.05, 0.1) is 5.56 Å². The Labute approximate surface area is 121 Å². The molecular weight excluding hydrogens is 313 g/mol. The third-order valence-corrected chi connectivity index (χ3v) is 3.37. The summed E-state index contributed by atoms with van der Waals surface area (Å²) >= 11 is 0. The van der Waals surface area contributed by atoms with Gasteiger partial charge in [0.25, 0.3) is 6.43 Å². The van der Waals surface area contributed by atoms with Crippen LogP contribution in [0, 0.1) is 5.92 Å². The van der Waals surface area contributed by atoms with Crippen LogP contribution in [-0.2, 0) is 12.6 Å². The lowest BCUT2D eigenvalue weighted by atomic mass is 9.94. The lowest BCUT2D eigenvalue weighted by Crippen LogP contribution is -2.21. The molecular formula is C13H10F5NO3. The molecule has 0 saturated heterocycles. The van der Waals surface area contributed by atoms with Crippen LogP contribution in [0.15, 0.2) is 0 Å². The van der Waals surface area contributed by atoms with E-state index in [-0.39, 0.29) is 18.6 Å². The molecule has 0 atom stereocenters. The molecule has 9 heteroatoms. The van der Waals surface area contributed by atoms with Crippen LogP contribution < -0.4 is 0 Å². The number of carboxylic acids is 1. The number of aromatic carboxylic acids is 1. The van der Waals surface area contributed by atoms with Gasteiger partial charge in [-0.15, -0.1) is 0 Å². The van der Waals surface area contributed by atoms with Gasteiger partial charge in [-0.2, -0.15) is 13.2 Å².